The van der Waals surface area contributed by atoms with Crippen LogP contribution in [0, 0.1) is 0 Å². The van der Waals surface area contributed by atoms with Crippen LogP contribution < -0.4 is 10.5 Å². The van der Waals surface area contributed by atoms with Gasteiger partial charge in [0.15, 0.2) is 5.78 Å². The Bertz CT molecular complexity index is 591. The van der Waals surface area contributed by atoms with Gasteiger partial charge in [-0.25, -0.2) is 0 Å². The molecule has 0 fully saturated rings. The van der Waals surface area contributed by atoms with Gasteiger partial charge in [-0.15, -0.1) is 0 Å². The van der Waals surface area contributed by atoms with Gasteiger partial charge in [-0.05, 0) is 19.1 Å². The number of hydrogen-bond acceptors (Lipinski definition) is 3. The number of rotatable bonds is 3. The van der Waals surface area contributed by atoms with E-state index in [0.717, 1.165) is 16.9 Å². The Morgan fingerprint density at radius 3 is 2.44 bits per heavy atom. The predicted molar refractivity (Wildman–Crippen MR) is 72.8 cm³/mol. The molecule has 0 amide bonds. The zero-order valence-corrected chi connectivity index (χ0v) is 10.4. The molecule has 0 heterocycles. The Hall–Kier alpha value is -2.29. The average molecular weight is 241 g/mol. The van der Waals surface area contributed by atoms with Crippen molar-refractivity contribution in [3.63, 3.8) is 0 Å². The minimum absolute atomic E-state index is 0.00766. The van der Waals surface area contributed by atoms with Gasteiger partial charge in [-0.3, -0.25) is 4.79 Å². The summed E-state index contributed by atoms with van der Waals surface area (Å²) < 4.78 is 5.31. The topological polar surface area (TPSA) is 52.3 Å². The number of benzene rings is 2. The van der Waals surface area contributed by atoms with Crippen LogP contribution in [0.3, 0.4) is 0 Å². The first-order valence-electron chi connectivity index (χ1n) is 5.67. The van der Waals surface area contributed by atoms with Crippen LogP contribution in [0.15, 0.2) is 42.5 Å². The molecule has 0 radical (unpaired) electrons. The highest BCUT2D eigenvalue weighted by Gasteiger charge is 2.09. The first-order chi connectivity index (χ1) is 8.63. The smallest absolute Gasteiger partial charge is 0.159 e. The van der Waals surface area contributed by atoms with Gasteiger partial charge in [0.05, 0.1) is 7.11 Å². The molecule has 3 heteroatoms. The van der Waals surface area contributed by atoms with E-state index in [0.29, 0.717) is 11.3 Å². The molecule has 2 aromatic carbocycles. The van der Waals surface area contributed by atoms with Crippen molar-refractivity contribution in [1.82, 2.24) is 0 Å². The van der Waals surface area contributed by atoms with Crippen LogP contribution in [0.25, 0.3) is 11.1 Å². The minimum atomic E-state index is 0.00766. The second-order valence-electron chi connectivity index (χ2n) is 4.06. The maximum atomic E-state index is 11.3. The van der Waals surface area contributed by atoms with Crippen molar-refractivity contribution in [3.05, 3.63) is 48.0 Å². The zero-order chi connectivity index (χ0) is 13.1. The van der Waals surface area contributed by atoms with Crippen molar-refractivity contribution < 1.29 is 9.53 Å². The molecule has 2 rings (SSSR count). The SMILES string of the molecule is COc1ccccc1-c1ccc(C(C)=O)cc1N. The summed E-state index contributed by atoms with van der Waals surface area (Å²) in [6.07, 6.45) is 0. The van der Waals surface area contributed by atoms with Crippen LogP contribution in [0.2, 0.25) is 0 Å². The van der Waals surface area contributed by atoms with E-state index >= 15 is 0 Å². The number of carbonyl (C=O) groups excluding carboxylic acids is 1. The molecular formula is C15H15NO2. The van der Waals surface area contributed by atoms with Crippen LogP contribution in [0.1, 0.15) is 17.3 Å². The lowest BCUT2D eigenvalue weighted by Crippen LogP contribution is -1.97. The molecule has 0 saturated heterocycles. The van der Waals surface area contributed by atoms with Crippen molar-refractivity contribution >= 4 is 11.5 Å². The largest absolute Gasteiger partial charge is 0.496 e. The number of nitrogens with two attached hydrogens (primary N) is 1. The third kappa shape index (κ3) is 2.20. The maximum absolute atomic E-state index is 11.3. The molecule has 0 bridgehead atoms. The summed E-state index contributed by atoms with van der Waals surface area (Å²) >= 11 is 0. The molecule has 0 spiro atoms. The summed E-state index contributed by atoms with van der Waals surface area (Å²) in [6.45, 7) is 1.53. The van der Waals surface area contributed by atoms with Crippen LogP contribution in [0.4, 0.5) is 5.69 Å². The normalized spacial score (nSPS) is 10.1. The summed E-state index contributed by atoms with van der Waals surface area (Å²) in [5.74, 6) is 0.771. The van der Waals surface area contributed by atoms with E-state index in [1.807, 2.05) is 30.3 Å². The van der Waals surface area contributed by atoms with Gasteiger partial charge in [0.1, 0.15) is 5.75 Å². The highest BCUT2D eigenvalue weighted by Crippen LogP contribution is 2.33. The number of ether oxygens (including phenoxy) is 1. The van der Waals surface area contributed by atoms with Crippen LogP contribution in [-0.2, 0) is 0 Å². The van der Waals surface area contributed by atoms with E-state index in [-0.39, 0.29) is 5.78 Å². The second kappa shape index (κ2) is 4.92. The monoisotopic (exact) mass is 241 g/mol. The lowest BCUT2D eigenvalue weighted by atomic mass is 10.00. The number of methoxy groups -OCH3 is 1. The lowest BCUT2D eigenvalue weighted by Gasteiger charge is -2.11. The molecule has 3 nitrogen and oxygen atoms in total. The van der Waals surface area contributed by atoms with Gasteiger partial charge >= 0.3 is 0 Å². The molecule has 2 N–H and O–H groups in total. The summed E-state index contributed by atoms with van der Waals surface area (Å²) in [5.41, 5.74) is 9.00. The molecule has 2 aromatic rings. The van der Waals surface area contributed by atoms with E-state index in [1.54, 1.807) is 19.2 Å². The molecule has 0 unspecified atom stereocenters. The first kappa shape index (κ1) is 12.2. The van der Waals surface area contributed by atoms with Crippen molar-refractivity contribution in [2.75, 3.05) is 12.8 Å². The Balaban J connectivity index is 2.54. The van der Waals surface area contributed by atoms with Gasteiger partial charge in [0.25, 0.3) is 0 Å². The number of nitrogen functional groups attached to an aromatic ring is 1. The van der Waals surface area contributed by atoms with E-state index < -0.39 is 0 Å². The van der Waals surface area contributed by atoms with Crippen molar-refractivity contribution in [3.8, 4) is 16.9 Å². The number of ketones is 1. The molecule has 0 aliphatic rings. The van der Waals surface area contributed by atoms with Crippen LogP contribution >= 0.6 is 0 Å². The standard InChI is InChI=1S/C15H15NO2/c1-10(17)11-7-8-12(14(16)9-11)13-5-3-4-6-15(13)18-2/h3-9H,16H2,1-2H3. The minimum Gasteiger partial charge on any atom is -0.496 e. The van der Waals surface area contributed by atoms with Crippen molar-refractivity contribution in [1.29, 1.82) is 0 Å². The third-order valence-electron chi connectivity index (χ3n) is 2.86. The number of para-hydroxylation sites is 1. The zero-order valence-electron chi connectivity index (χ0n) is 10.4. The maximum Gasteiger partial charge on any atom is 0.159 e. The fourth-order valence-corrected chi connectivity index (χ4v) is 1.89. The summed E-state index contributed by atoms with van der Waals surface area (Å²) in [4.78, 5) is 11.3. The Labute approximate surface area is 106 Å². The molecule has 0 aliphatic carbocycles. The van der Waals surface area contributed by atoms with E-state index in [2.05, 4.69) is 0 Å². The molecule has 18 heavy (non-hydrogen) atoms. The quantitative estimate of drug-likeness (QED) is 0.663. The van der Waals surface area contributed by atoms with Gasteiger partial charge in [0.2, 0.25) is 0 Å². The summed E-state index contributed by atoms with van der Waals surface area (Å²) in [5, 5.41) is 0. The number of Topliss-reactive ketones (excluding diaryl/α,β-unsaturated/α-hetero) is 1. The van der Waals surface area contributed by atoms with E-state index in [4.69, 9.17) is 10.5 Å². The van der Waals surface area contributed by atoms with Crippen molar-refractivity contribution in [2.24, 2.45) is 0 Å². The third-order valence-corrected chi connectivity index (χ3v) is 2.86. The molecule has 0 saturated carbocycles. The summed E-state index contributed by atoms with van der Waals surface area (Å²) in [7, 11) is 1.62. The van der Waals surface area contributed by atoms with Gasteiger partial charge < -0.3 is 10.5 Å². The molecule has 0 aliphatic heterocycles. The lowest BCUT2D eigenvalue weighted by molar-refractivity contribution is 0.101. The summed E-state index contributed by atoms with van der Waals surface area (Å²) in [6, 6.07) is 13.0. The molecular weight excluding hydrogens is 226 g/mol. The highest BCUT2D eigenvalue weighted by atomic mass is 16.5. The average Bonchev–Trinajstić information content (AvgIpc) is 2.38. The second-order valence-corrected chi connectivity index (χ2v) is 4.06. The molecule has 0 aromatic heterocycles. The Morgan fingerprint density at radius 2 is 1.83 bits per heavy atom. The van der Waals surface area contributed by atoms with E-state index in [9.17, 15) is 4.79 Å². The first-order valence-corrected chi connectivity index (χ1v) is 5.67. The van der Waals surface area contributed by atoms with Crippen LogP contribution in [-0.4, -0.2) is 12.9 Å². The van der Waals surface area contributed by atoms with Crippen molar-refractivity contribution in [2.45, 2.75) is 6.92 Å². The van der Waals surface area contributed by atoms with Gasteiger partial charge in [-0.2, -0.15) is 0 Å². The number of carbonyl (C=O) groups is 1. The number of anilines is 1. The van der Waals surface area contributed by atoms with E-state index in [1.165, 1.54) is 6.92 Å². The van der Waals surface area contributed by atoms with Gasteiger partial charge in [-0.1, -0.05) is 30.3 Å². The Kier molecular flexibility index (Phi) is 3.33. The Morgan fingerprint density at radius 1 is 1.11 bits per heavy atom. The fourth-order valence-electron chi connectivity index (χ4n) is 1.89. The van der Waals surface area contributed by atoms with Crippen LogP contribution in [0.5, 0.6) is 5.75 Å². The molecule has 92 valence electrons. The highest BCUT2D eigenvalue weighted by molar-refractivity contribution is 5.96. The fraction of sp³-hybridized carbons (Fsp3) is 0.133. The van der Waals surface area contributed by atoms with Gasteiger partial charge in [0, 0.05) is 22.4 Å². The molecule has 0 atom stereocenters. The number of hydrogen-bond donors (Lipinski definition) is 1. The predicted octanol–water partition coefficient (Wildman–Crippen LogP) is 3.15.